The summed E-state index contributed by atoms with van der Waals surface area (Å²) in [5.74, 6) is 0.408. The zero-order chi connectivity index (χ0) is 26.2. The Labute approximate surface area is 216 Å². The normalized spacial score (nSPS) is 19.6. The number of methoxy groups -OCH3 is 1. The fourth-order valence-corrected chi connectivity index (χ4v) is 5.10. The minimum Gasteiger partial charge on any atom is -0.497 e. The summed E-state index contributed by atoms with van der Waals surface area (Å²) in [6.45, 7) is 4.18. The number of dihydropyridines is 1. The van der Waals surface area contributed by atoms with Crippen molar-refractivity contribution in [3.8, 4) is 5.75 Å². The van der Waals surface area contributed by atoms with Crippen molar-refractivity contribution in [2.45, 2.75) is 26.2 Å². The summed E-state index contributed by atoms with van der Waals surface area (Å²) in [5, 5.41) is 14.8. The Morgan fingerprint density at radius 1 is 1.00 bits per heavy atom. The van der Waals surface area contributed by atoms with Crippen molar-refractivity contribution in [2.24, 2.45) is 5.41 Å². The first-order valence-corrected chi connectivity index (χ1v) is 12.2. The monoisotopic (exact) mass is 492 g/mol. The van der Waals surface area contributed by atoms with E-state index in [2.05, 4.69) is 25.2 Å². The third-order valence-electron chi connectivity index (χ3n) is 7.07. The van der Waals surface area contributed by atoms with Crippen LogP contribution in [0.4, 0.5) is 5.69 Å². The van der Waals surface area contributed by atoms with Crippen LogP contribution in [0.15, 0.2) is 102 Å². The zero-order valence-electron chi connectivity index (χ0n) is 21.0. The molecule has 2 aliphatic rings. The molecule has 0 bridgehead atoms. The predicted octanol–water partition coefficient (Wildman–Crippen LogP) is 6.67. The lowest BCUT2D eigenvalue weighted by Gasteiger charge is -2.40. The molecular weight excluding hydrogens is 464 g/mol. The van der Waals surface area contributed by atoms with E-state index in [1.54, 1.807) is 19.2 Å². The highest BCUT2D eigenvalue weighted by atomic mass is 16.6. The maximum absolute atomic E-state index is 14.2. The van der Waals surface area contributed by atoms with Crippen LogP contribution in [0.2, 0.25) is 0 Å². The van der Waals surface area contributed by atoms with Gasteiger partial charge in [0.05, 0.1) is 12.0 Å². The maximum atomic E-state index is 14.2. The molecule has 37 heavy (non-hydrogen) atoms. The van der Waals surface area contributed by atoms with Gasteiger partial charge in [0.15, 0.2) is 5.78 Å². The summed E-state index contributed by atoms with van der Waals surface area (Å²) in [7, 11) is 1.63. The number of Topliss-reactive ketones (excluding diaryl/α,β-unsaturated/α-hetero) is 1. The van der Waals surface area contributed by atoms with Crippen molar-refractivity contribution in [3.63, 3.8) is 0 Å². The lowest BCUT2D eigenvalue weighted by Crippen LogP contribution is -2.37. The molecule has 1 N–H and O–H groups in total. The maximum Gasteiger partial charge on any atom is 0.269 e. The van der Waals surface area contributed by atoms with Crippen LogP contribution in [-0.4, -0.2) is 17.8 Å². The van der Waals surface area contributed by atoms with E-state index >= 15 is 0 Å². The van der Waals surface area contributed by atoms with E-state index in [0.717, 1.165) is 39.4 Å². The molecule has 0 amide bonds. The second kappa shape index (κ2) is 9.54. The standard InChI is InChI=1S/C31H28N2O4/c1-31(2)19-28-29(30(34)26(31)17-20-9-15-24(37-3)16-10-20)25(21-11-13-23(14-12-21)33(35)36)18-27(32-28)22-7-5-4-6-8-22/h4-18,25,32H,19H2,1-3H3/b26-17+. The van der Waals surface area contributed by atoms with Crippen LogP contribution < -0.4 is 10.1 Å². The molecule has 3 aromatic carbocycles. The molecule has 1 heterocycles. The number of ketones is 1. The number of rotatable bonds is 5. The third kappa shape index (κ3) is 4.70. The van der Waals surface area contributed by atoms with Gasteiger partial charge in [-0.1, -0.05) is 68.4 Å². The topological polar surface area (TPSA) is 81.5 Å². The molecule has 0 saturated heterocycles. The molecule has 186 valence electrons. The van der Waals surface area contributed by atoms with E-state index in [1.165, 1.54) is 12.1 Å². The lowest BCUT2D eigenvalue weighted by atomic mass is 9.67. The van der Waals surface area contributed by atoms with Crippen molar-refractivity contribution in [2.75, 3.05) is 7.11 Å². The van der Waals surface area contributed by atoms with Crippen LogP contribution in [0.3, 0.4) is 0 Å². The van der Waals surface area contributed by atoms with Gasteiger partial charge in [0, 0.05) is 40.6 Å². The number of ether oxygens (including phenoxy) is 1. The minimum atomic E-state index is -0.411. The quantitative estimate of drug-likeness (QED) is 0.244. The molecule has 6 heteroatoms. The Bertz CT molecular complexity index is 1450. The number of nitro groups is 1. The first-order chi connectivity index (χ1) is 17.8. The number of carbonyl (C=O) groups is 1. The predicted molar refractivity (Wildman–Crippen MR) is 145 cm³/mol. The molecule has 5 rings (SSSR count). The highest BCUT2D eigenvalue weighted by molar-refractivity contribution is 6.15. The highest BCUT2D eigenvalue weighted by Crippen LogP contribution is 2.48. The molecule has 0 aromatic heterocycles. The molecule has 1 aliphatic carbocycles. The smallest absolute Gasteiger partial charge is 0.269 e. The van der Waals surface area contributed by atoms with Crippen LogP contribution in [0.1, 0.15) is 42.9 Å². The molecule has 0 saturated carbocycles. The van der Waals surface area contributed by atoms with Gasteiger partial charge in [-0.05, 0) is 52.8 Å². The molecule has 1 unspecified atom stereocenters. The summed E-state index contributed by atoms with van der Waals surface area (Å²) in [4.78, 5) is 25.0. The van der Waals surface area contributed by atoms with Gasteiger partial charge in [0.2, 0.25) is 0 Å². The van der Waals surface area contributed by atoms with E-state index in [-0.39, 0.29) is 17.4 Å². The van der Waals surface area contributed by atoms with Crippen LogP contribution in [0.25, 0.3) is 11.8 Å². The fourth-order valence-electron chi connectivity index (χ4n) is 5.10. The molecular formula is C31H28N2O4. The molecule has 0 spiro atoms. The van der Waals surface area contributed by atoms with Gasteiger partial charge >= 0.3 is 0 Å². The molecule has 6 nitrogen and oxygen atoms in total. The largest absolute Gasteiger partial charge is 0.497 e. The number of benzene rings is 3. The number of carbonyl (C=O) groups excluding carboxylic acids is 1. The van der Waals surface area contributed by atoms with Crippen molar-refractivity contribution < 1.29 is 14.5 Å². The second-order valence-corrected chi connectivity index (χ2v) is 10.0. The van der Waals surface area contributed by atoms with Gasteiger partial charge in [-0.25, -0.2) is 0 Å². The lowest BCUT2D eigenvalue weighted by molar-refractivity contribution is -0.384. The number of nitrogens with one attached hydrogen (secondary N) is 1. The average molecular weight is 493 g/mol. The van der Waals surface area contributed by atoms with Gasteiger partial charge < -0.3 is 10.1 Å². The number of non-ortho nitro benzene ring substituents is 1. The average Bonchev–Trinajstić information content (AvgIpc) is 2.91. The fraction of sp³-hybridized carbons (Fsp3) is 0.194. The summed E-state index contributed by atoms with van der Waals surface area (Å²) >= 11 is 0. The molecule has 3 aromatic rings. The Kier molecular flexibility index (Phi) is 6.25. The van der Waals surface area contributed by atoms with E-state index in [4.69, 9.17) is 4.74 Å². The molecule has 1 aliphatic heterocycles. The van der Waals surface area contributed by atoms with Crippen molar-refractivity contribution in [3.05, 3.63) is 129 Å². The number of nitrogens with zero attached hydrogens (tertiary/aromatic N) is 1. The van der Waals surface area contributed by atoms with Gasteiger partial charge in [-0.15, -0.1) is 0 Å². The third-order valence-corrected chi connectivity index (χ3v) is 7.07. The minimum absolute atomic E-state index is 0.0127. The van der Waals surface area contributed by atoms with Crippen LogP contribution in [-0.2, 0) is 4.79 Å². The van der Waals surface area contributed by atoms with Crippen LogP contribution >= 0.6 is 0 Å². The van der Waals surface area contributed by atoms with Gasteiger partial charge in [-0.2, -0.15) is 0 Å². The van der Waals surface area contributed by atoms with Crippen molar-refractivity contribution in [1.82, 2.24) is 5.32 Å². The molecule has 1 atom stereocenters. The number of nitro benzene ring substituents is 1. The first-order valence-electron chi connectivity index (χ1n) is 12.2. The van der Waals surface area contributed by atoms with Crippen LogP contribution in [0, 0.1) is 15.5 Å². The van der Waals surface area contributed by atoms with Crippen molar-refractivity contribution in [1.29, 1.82) is 0 Å². The first kappa shape index (κ1) is 24.3. The van der Waals surface area contributed by atoms with Crippen molar-refractivity contribution >= 4 is 23.2 Å². The highest BCUT2D eigenvalue weighted by Gasteiger charge is 2.42. The zero-order valence-corrected chi connectivity index (χ0v) is 21.0. The summed E-state index contributed by atoms with van der Waals surface area (Å²) in [6, 6.07) is 24.1. The summed E-state index contributed by atoms with van der Waals surface area (Å²) < 4.78 is 5.27. The van der Waals surface area contributed by atoms with E-state index in [1.807, 2.05) is 60.7 Å². The van der Waals surface area contributed by atoms with Crippen LogP contribution in [0.5, 0.6) is 5.75 Å². The van der Waals surface area contributed by atoms with Gasteiger partial charge in [0.1, 0.15) is 5.75 Å². The SMILES string of the molecule is COc1ccc(/C=C2\C(=O)C3=C(CC2(C)C)NC(c2ccccc2)=CC3c2ccc([N+](=O)[O-])cc2)cc1. The Morgan fingerprint density at radius 3 is 2.30 bits per heavy atom. The molecule has 0 fully saturated rings. The second-order valence-electron chi connectivity index (χ2n) is 10.0. The number of hydrogen-bond acceptors (Lipinski definition) is 5. The Balaban J connectivity index is 1.62. The summed E-state index contributed by atoms with van der Waals surface area (Å²) in [5.41, 5.74) is 5.65. The number of allylic oxidation sites excluding steroid dienone is 4. The van der Waals surface area contributed by atoms with E-state index in [0.29, 0.717) is 12.0 Å². The number of hydrogen-bond donors (Lipinski definition) is 1. The Hall–Kier alpha value is -4.45. The van der Waals surface area contributed by atoms with E-state index in [9.17, 15) is 14.9 Å². The van der Waals surface area contributed by atoms with Gasteiger partial charge in [0.25, 0.3) is 5.69 Å². The molecule has 0 radical (unpaired) electrons. The summed E-state index contributed by atoms with van der Waals surface area (Å²) in [6.07, 6.45) is 4.68. The van der Waals surface area contributed by atoms with E-state index < -0.39 is 10.3 Å². The van der Waals surface area contributed by atoms with Gasteiger partial charge in [-0.3, -0.25) is 14.9 Å². The Morgan fingerprint density at radius 2 is 1.68 bits per heavy atom.